The quantitative estimate of drug-likeness (QED) is 0.0338. The van der Waals surface area contributed by atoms with Crippen molar-refractivity contribution in [3.05, 3.63) is 90.3 Å². The van der Waals surface area contributed by atoms with E-state index in [9.17, 15) is 48.6 Å². The Morgan fingerprint density at radius 2 is 1.15 bits per heavy atom. The monoisotopic (exact) mass is 912 g/mol. The molecule has 14 N–H and O–H groups in total. The molecule has 0 radical (unpaired) electrons. The fourth-order valence-corrected chi connectivity index (χ4v) is 7.07. The zero-order valence-electron chi connectivity index (χ0n) is 36.6. The average molecular weight is 913 g/mol. The first kappa shape index (κ1) is 49.4. The number of carboxylic acids is 1. The molecule has 0 spiro atoms. The van der Waals surface area contributed by atoms with Crippen molar-refractivity contribution >= 4 is 69.1 Å². The van der Waals surface area contributed by atoms with Gasteiger partial charge in [0.1, 0.15) is 36.3 Å². The molecule has 6 atom stereocenters. The summed E-state index contributed by atoms with van der Waals surface area (Å²) < 4.78 is 0. The van der Waals surface area contributed by atoms with E-state index in [-0.39, 0.29) is 31.6 Å². The molecule has 3 heterocycles. The number of rotatable bonds is 24. The second-order valence-corrected chi connectivity index (χ2v) is 16.2. The predicted octanol–water partition coefficient (Wildman–Crippen LogP) is -1.47. The van der Waals surface area contributed by atoms with Crippen LogP contribution in [0.5, 0.6) is 0 Å². The van der Waals surface area contributed by atoms with Gasteiger partial charge in [-0.25, -0.2) is 9.78 Å². The average Bonchev–Trinajstić information content (AvgIpc) is 4.07. The van der Waals surface area contributed by atoms with Crippen molar-refractivity contribution in [2.24, 2.45) is 11.7 Å². The molecule has 0 saturated carbocycles. The number of aliphatic carboxylic acids is 1. The summed E-state index contributed by atoms with van der Waals surface area (Å²) in [6, 6.07) is 7.06. The van der Waals surface area contributed by atoms with E-state index >= 15 is 0 Å². The summed E-state index contributed by atoms with van der Waals surface area (Å²) in [5.41, 5.74) is 9.00. The van der Waals surface area contributed by atoms with Gasteiger partial charge in [-0.1, -0.05) is 50.2 Å². The van der Waals surface area contributed by atoms with Crippen LogP contribution in [0, 0.1) is 5.92 Å². The van der Waals surface area contributed by atoms with Crippen molar-refractivity contribution in [2.75, 3.05) is 19.7 Å². The summed E-state index contributed by atoms with van der Waals surface area (Å²) in [4.78, 5) is 118. The molecule has 0 fully saturated rings. The number of benzene rings is 2. The number of carbonyl (C=O) groups is 8. The van der Waals surface area contributed by atoms with Crippen molar-refractivity contribution in [1.29, 1.82) is 0 Å². The normalized spacial score (nSPS) is 14.0. The van der Waals surface area contributed by atoms with E-state index in [2.05, 4.69) is 57.2 Å². The van der Waals surface area contributed by atoms with Gasteiger partial charge in [0.25, 0.3) is 0 Å². The van der Waals surface area contributed by atoms with Gasteiger partial charge in [0.2, 0.25) is 41.4 Å². The van der Waals surface area contributed by atoms with Gasteiger partial charge in [0.15, 0.2) is 0 Å². The lowest BCUT2D eigenvalue weighted by Crippen LogP contribution is -2.58. The third-order valence-electron chi connectivity index (χ3n) is 10.6. The number of aliphatic hydroxyl groups is 1. The Balaban J connectivity index is 1.22. The Morgan fingerprint density at radius 3 is 1.71 bits per heavy atom. The fraction of sp³-hybridized carbons (Fsp3) is 0.386. The number of nitrogens with zero attached hydrogens (tertiary/aromatic N) is 1. The second kappa shape index (κ2) is 23.4. The molecular weight excluding hydrogens is 857 g/mol. The topological polar surface area (TPSA) is 348 Å². The fourth-order valence-electron chi connectivity index (χ4n) is 7.07. The van der Waals surface area contributed by atoms with Crippen molar-refractivity contribution in [2.45, 2.75) is 82.7 Å². The van der Waals surface area contributed by atoms with E-state index in [1.807, 2.05) is 56.3 Å². The number of aromatic nitrogens is 4. The number of amides is 7. The number of fused-ring (bicyclic) bond motifs is 2. The van der Waals surface area contributed by atoms with Crippen molar-refractivity contribution in [3.8, 4) is 0 Å². The summed E-state index contributed by atoms with van der Waals surface area (Å²) in [5.74, 6) is -6.73. The van der Waals surface area contributed by atoms with E-state index in [0.29, 0.717) is 16.8 Å². The molecule has 352 valence electrons. The molecular formula is C44H56N12O10. The lowest BCUT2D eigenvalue weighted by Gasteiger charge is -2.24. The molecule has 0 aliphatic heterocycles. The van der Waals surface area contributed by atoms with Crippen LogP contribution < -0.4 is 43.0 Å². The summed E-state index contributed by atoms with van der Waals surface area (Å²) in [6.45, 7) is 3.08. The minimum atomic E-state index is -1.31. The van der Waals surface area contributed by atoms with Crippen molar-refractivity contribution in [3.63, 3.8) is 0 Å². The zero-order chi connectivity index (χ0) is 47.9. The van der Waals surface area contributed by atoms with Gasteiger partial charge in [0, 0.05) is 65.4 Å². The number of H-pyrrole nitrogens is 3. The molecule has 0 saturated heterocycles. The Morgan fingerprint density at radius 1 is 0.621 bits per heavy atom. The maximum absolute atomic E-state index is 13.7. The number of nitrogens with two attached hydrogens (primary N) is 1. The van der Waals surface area contributed by atoms with E-state index in [1.54, 1.807) is 18.5 Å². The summed E-state index contributed by atoms with van der Waals surface area (Å²) in [6.07, 6.45) is 6.21. The van der Waals surface area contributed by atoms with Crippen LogP contribution in [0.3, 0.4) is 0 Å². The van der Waals surface area contributed by atoms with Crippen LogP contribution in [0.4, 0.5) is 0 Å². The minimum Gasteiger partial charge on any atom is -0.480 e. The van der Waals surface area contributed by atoms with E-state index in [0.717, 1.165) is 21.8 Å². The van der Waals surface area contributed by atoms with Crippen LogP contribution in [-0.2, 0) is 57.6 Å². The molecule has 5 aromatic rings. The molecule has 7 amide bonds. The minimum absolute atomic E-state index is 0.00684. The van der Waals surface area contributed by atoms with Crippen molar-refractivity contribution < 1.29 is 48.6 Å². The third-order valence-corrected chi connectivity index (χ3v) is 10.6. The predicted molar refractivity (Wildman–Crippen MR) is 240 cm³/mol. The van der Waals surface area contributed by atoms with E-state index < -0.39 is 103 Å². The molecule has 0 bridgehead atoms. The number of hydrogen-bond acceptors (Lipinski definition) is 11. The van der Waals surface area contributed by atoms with Gasteiger partial charge in [-0.2, -0.15) is 0 Å². The van der Waals surface area contributed by atoms with Crippen LogP contribution in [0.25, 0.3) is 21.8 Å². The van der Waals surface area contributed by atoms with Crippen LogP contribution in [0.15, 0.2) is 73.4 Å². The first-order chi connectivity index (χ1) is 31.5. The van der Waals surface area contributed by atoms with Gasteiger partial charge in [-0.05, 0) is 42.5 Å². The van der Waals surface area contributed by atoms with Gasteiger partial charge in [-0.15, -0.1) is 0 Å². The number of aliphatic hydroxyl groups excluding tert-OH is 1. The lowest BCUT2D eigenvalue weighted by atomic mass is 10.0. The third kappa shape index (κ3) is 14.0. The Kier molecular flexibility index (Phi) is 17.5. The first-order valence-corrected chi connectivity index (χ1v) is 21.2. The highest BCUT2D eigenvalue weighted by Crippen LogP contribution is 2.21. The smallest absolute Gasteiger partial charge is 0.326 e. The standard InChI is InChI=1S/C44H56N12O10/c1-23(2)12-36(44(65)66)56-43(64)34(14-26-17-48-32-11-7-5-9-29(26)32)53-38(59)20-49-37(58)19-50-41(62)33(13-25-16-47-31-10-6-4-8-28(25)31)54-39(60)24(3)52-42(63)35(15-27-18-46-22-51-27)55-40(61)30(45)21-57/h4-11,16-18,22-24,30,33-36,47-48,57H,12-15,19-21,45H2,1-3H3,(H,46,51)(H,49,58)(H,50,62)(H,52,63)(H,53,59)(H,54,60)(H,55,61)(H,56,64)(H,65,66)/t24-,30-,33-,34-,35-,36-/m0/s1. The van der Waals surface area contributed by atoms with Crippen LogP contribution in [-0.4, -0.2) is 133 Å². The molecule has 0 aliphatic carbocycles. The highest BCUT2D eigenvalue weighted by molar-refractivity contribution is 5.97. The number of aromatic amines is 3. The van der Waals surface area contributed by atoms with E-state index in [4.69, 9.17) is 5.73 Å². The van der Waals surface area contributed by atoms with Crippen LogP contribution in [0.1, 0.15) is 44.0 Å². The summed E-state index contributed by atoms with van der Waals surface area (Å²) in [5, 5.41) is 38.3. The maximum atomic E-state index is 13.7. The molecule has 66 heavy (non-hydrogen) atoms. The van der Waals surface area contributed by atoms with Crippen LogP contribution in [0.2, 0.25) is 0 Å². The van der Waals surface area contributed by atoms with Crippen LogP contribution >= 0.6 is 0 Å². The van der Waals surface area contributed by atoms with Crippen molar-refractivity contribution in [1.82, 2.24) is 57.2 Å². The SMILES string of the molecule is CC(C)C[C@H](NC(=O)[C@H](Cc1c[nH]c2ccccc12)NC(=O)CNC(=O)CNC(=O)[C@H](Cc1c[nH]c2ccccc12)NC(=O)[C@H](C)NC(=O)[C@H](Cc1cnc[nH]1)NC(=O)[C@@H](N)CO)C(=O)O. The molecule has 5 rings (SSSR count). The largest absolute Gasteiger partial charge is 0.480 e. The number of carboxylic acid groups (broad SMARTS) is 1. The Labute approximate surface area is 378 Å². The second-order valence-electron chi connectivity index (χ2n) is 16.2. The highest BCUT2D eigenvalue weighted by Gasteiger charge is 2.31. The van der Waals surface area contributed by atoms with Gasteiger partial charge in [-0.3, -0.25) is 33.6 Å². The number of carbonyl (C=O) groups excluding carboxylic acids is 7. The molecule has 0 unspecified atom stereocenters. The zero-order valence-corrected chi connectivity index (χ0v) is 36.6. The molecule has 3 aromatic heterocycles. The number of nitrogens with one attached hydrogen (secondary N) is 10. The van der Waals surface area contributed by atoms with Gasteiger partial charge in [0.05, 0.1) is 26.0 Å². The molecule has 22 nitrogen and oxygen atoms in total. The first-order valence-electron chi connectivity index (χ1n) is 21.2. The number of imidazole rings is 1. The summed E-state index contributed by atoms with van der Waals surface area (Å²) >= 11 is 0. The lowest BCUT2D eigenvalue weighted by molar-refractivity contribution is -0.142. The Bertz CT molecular complexity index is 2500. The van der Waals surface area contributed by atoms with E-state index in [1.165, 1.54) is 19.4 Å². The summed E-state index contributed by atoms with van der Waals surface area (Å²) in [7, 11) is 0. The van der Waals surface area contributed by atoms with Gasteiger partial charge < -0.3 is 68.1 Å². The molecule has 22 heteroatoms. The molecule has 2 aromatic carbocycles. The Hall–Kier alpha value is -7.59. The maximum Gasteiger partial charge on any atom is 0.326 e. The van der Waals surface area contributed by atoms with Gasteiger partial charge >= 0.3 is 5.97 Å². The molecule has 0 aliphatic rings. The highest BCUT2D eigenvalue weighted by atomic mass is 16.4. The number of para-hydroxylation sites is 2. The number of hydrogen-bond donors (Lipinski definition) is 13.